The molecule has 6 aromatic carbocycles. The van der Waals surface area contributed by atoms with Crippen LogP contribution in [0.1, 0.15) is 108 Å². The lowest BCUT2D eigenvalue weighted by atomic mass is 9.85. The van der Waals surface area contributed by atoms with Crippen molar-refractivity contribution >= 4 is 90.7 Å². The van der Waals surface area contributed by atoms with Crippen molar-refractivity contribution in [1.82, 2.24) is 72.1 Å². The van der Waals surface area contributed by atoms with E-state index < -0.39 is 152 Å². The van der Waals surface area contributed by atoms with E-state index in [-0.39, 0.29) is 77.9 Å². The molecule has 2 saturated heterocycles. The van der Waals surface area contributed by atoms with E-state index in [1.165, 1.54) is 14.5 Å². The number of nitrogens with one attached hydrogen (secondary N) is 9. The van der Waals surface area contributed by atoms with Crippen molar-refractivity contribution in [2.75, 3.05) is 40.4 Å². The number of fused-ring (bicyclic) bond motifs is 2. The van der Waals surface area contributed by atoms with Crippen molar-refractivity contribution in [2.45, 2.75) is 184 Å². The predicted octanol–water partition coefficient (Wildman–Crippen LogP) is 3.78. The summed E-state index contributed by atoms with van der Waals surface area (Å²) >= 11 is 0. The maximum Gasteiger partial charge on any atom is 0.326 e. The van der Waals surface area contributed by atoms with Gasteiger partial charge in [-0.05, 0) is 127 Å². The second-order valence-corrected chi connectivity index (χ2v) is 32.4. The van der Waals surface area contributed by atoms with Crippen LogP contribution in [0.15, 0.2) is 152 Å². The van der Waals surface area contributed by atoms with Crippen molar-refractivity contribution in [3.05, 3.63) is 180 Å². The van der Waals surface area contributed by atoms with E-state index in [2.05, 4.69) is 57.6 Å². The number of hydrogen-bond donors (Lipinski definition) is 10. The molecule has 1 saturated carbocycles. The quantitative estimate of drug-likeness (QED) is 0.0580. The average molecular weight is 1570 g/mol. The van der Waals surface area contributed by atoms with Gasteiger partial charge in [-0.3, -0.25) is 47.9 Å². The summed E-state index contributed by atoms with van der Waals surface area (Å²) in [6.45, 7) is 10.0. The van der Waals surface area contributed by atoms with Gasteiger partial charge in [0, 0.05) is 51.6 Å². The molecular formula is C82H100N14O16S. The molecule has 3 fully saturated rings. The number of aliphatic carboxylic acids is 1. The Morgan fingerprint density at radius 3 is 1.66 bits per heavy atom. The van der Waals surface area contributed by atoms with Crippen LogP contribution in [0.3, 0.4) is 0 Å². The fourth-order valence-electron chi connectivity index (χ4n) is 14.0. The van der Waals surface area contributed by atoms with Gasteiger partial charge < -0.3 is 71.7 Å². The van der Waals surface area contributed by atoms with E-state index in [9.17, 15) is 42.3 Å². The van der Waals surface area contributed by atoms with E-state index >= 15 is 19.2 Å². The number of aromatic nitrogens is 3. The monoisotopic (exact) mass is 1570 g/mol. The summed E-state index contributed by atoms with van der Waals surface area (Å²) in [5.41, 5.74) is 1.64. The molecule has 10 bridgehead atoms. The maximum absolute atomic E-state index is 15.3. The number of ether oxygens (including phenoxy) is 3. The van der Waals surface area contributed by atoms with Gasteiger partial charge in [0.2, 0.25) is 57.3 Å². The van der Waals surface area contributed by atoms with Gasteiger partial charge >= 0.3 is 5.97 Å². The van der Waals surface area contributed by atoms with Crippen LogP contribution in [0.5, 0.6) is 11.5 Å². The largest absolute Gasteiger partial charge is 0.490 e. The summed E-state index contributed by atoms with van der Waals surface area (Å²) in [6.07, 6.45) is 4.29. The second-order valence-electron chi connectivity index (χ2n) is 30.4. The molecule has 0 unspecified atom stereocenters. The third-order valence-electron chi connectivity index (χ3n) is 21.0. The molecule has 7 aliphatic rings. The molecule has 6 aliphatic heterocycles. The zero-order chi connectivity index (χ0) is 80.8. The molecule has 600 valence electrons. The summed E-state index contributed by atoms with van der Waals surface area (Å²) in [6, 6.07) is 26.5. The Hall–Kier alpha value is -11.1. The number of likely N-dealkylation sites (N-methyl/N-ethyl adjacent to an activating group) is 2. The Morgan fingerprint density at radius 1 is 0.611 bits per heavy atom. The molecule has 0 spiro atoms. The fourth-order valence-corrected chi connectivity index (χ4v) is 15.3. The highest BCUT2D eigenvalue weighted by Gasteiger charge is 2.48. The summed E-state index contributed by atoms with van der Waals surface area (Å²) in [5, 5.41) is 45.0. The normalized spacial score (nSPS) is 22.6. The zero-order valence-corrected chi connectivity index (χ0v) is 65.4. The summed E-state index contributed by atoms with van der Waals surface area (Å²) in [4.78, 5) is 148. The van der Waals surface area contributed by atoms with E-state index in [1.54, 1.807) is 129 Å². The fraction of sp³-hybridized carbons (Fsp3) is 0.439. The van der Waals surface area contributed by atoms with Crippen LogP contribution in [-0.2, 0) is 95.0 Å². The SMILES string of the molecule is CC[C@H](NC(=O)[C@H](C)NC)C(=O)N1C[C@@H]2C[C@H]1C(=O)N[C@@H](Cc1ccc3ccccc3c1)C(=O)N[C@H](C(=O)NS(=O)(=O)C1CC1)Cc1ccc(cc1)OCc1cn(nn1)[C@H]1C[C@@H](C(=O)N[C@@H](Cc3ccc4ccccc4c3)C(=O)N[C@H](C(=O)O)Cc3ccc(cc3)OC/C=C/CO2)N(C(=O)[C@@H](NC(=O)[C@H](C)NC)C(C)(C)C)C1. The molecule has 10 N–H and O–H groups in total. The Kier molecular flexibility index (Phi) is 27.1. The van der Waals surface area contributed by atoms with Crippen molar-refractivity contribution in [2.24, 2.45) is 5.41 Å². The number of benzene rings is 6. The third kappa shape index (κ3) is 21.5. The van der Waals surface area contributed by atoms with Gasteiger partial charge in [-0.25, -0.2) is 17.9 Å². The van der Waals surface area contributed by atoms with Crippen molar-refractivity contribution in [3.8, 4) is 11.5 Å². The van der Waals surface area contributed by atoms with Gasteiger partial charge in [-0.1, -0.05) is 148 Å². The molecule has 31 heteroatoms. The lowest BCUT2D eigenvalue weighted by molar-refractivity contribution is -0.145. The first-order valence-corrected chi connectivity index (χ1v) is 39.7. The Labute approximate surface area is 656 Å². The highest BCUT2D eigenvalue weighted by atomic mass is 32.2. The molecule has 12 atom stereocenters. The number of rotatable bonds is 17. The molecule has 7 aromatic rings. The van der Waals surface area contributed by atoms with Gasteiger partial charge in [0.05, 0.1) is 42.3 Å². The Morgan fingerprint density at radius 2 is 1.12 bits per heavy atom. The molecule has 30 nitrogen and oxygen atoms in total. The first-order valence-electron chi connectivity index (χ1n) is 38.2. The van der Waals surface area contributed by atoms with Crippen LogP contribution in [0.4, 0.5) is 0 Å². The predicted molar refractivity (Wildman–Crippen MR) is 420 cm³/mol. The Bertz CT molecular complexity index is 4780. The number of carbonyl (C=O) groups is 10. The molecule has 9 amide bonds. The van der Waals surface area contributed by atoms with E-state index in [4.69, 9.17) is 14.2 Å². The molecule has 14 rings (SSSR count). The number of hydrogen-bond acceptors (Lipinski definition) is 19. The highest BCUT2D eigenvalue weighted by Crippen LogP contribution is 2.33. The topological polar surface area (TPSA) is 398 Å². The van der Waals surface area contributed by atoms with Crippen molar-refractivity contribution in [3.63, 3.8) is 0 Å². The van der Waals surface area contributed by atoms with Gasteiger partial charge in [-0.2, -0.15) is 0 Å². The maximum atomic E-state index is 15.3. The molecular weight excluding hydrogens is 1470 g/mol. The van der Waals surface area contributed by atoms with Crippen molar-refractivity contribution < 1.29 is 75.7 Å². The number of carboxylic acid groups (broad SMARTS) is 1. The van der Waals surface area contributed by atoms with Crippen molar-refractivity contribution in [1.29, 1.82) is 0 Å². The summed E-state index contributed by atoms with van der Waals surface area (Å²) in [5.74, 6) is -6.90. The molecule has 113 heavy (non-hydrogen) atoms. The number of nitrogens with zero attached hydrogens (tertiary/aromatic N) is 5. The van der Waals surface area contributed by atoms with Crippen LogP contribution in [0.2, 0.25) is 0 Å². The third-order valence-corrected chi connectivity index (χ3v) is 22.8. The average Bonchev–Trinajstić information content (AvgIpc) is 1.65. The van der Waals surface area contributed by atoms with Gasteiger partial charge in [0.15, 0.2) is 0 Å². The minimum atomic E-state index is -4.17. The summed E-state index contributed by atoms with van der Waals surface area (Å²) in [7, 11) is -0.962. The molecule has 7 heterocycles. The number of carboxylic acids is 1. The van der Waals surface area contributed by atoms with Crippen LogP contribution >= 0.6 is 0 Å². The van der Waals surface area contributed by atoms with E-state index in [0.29, 0.717) is 52.3 Å². The van der Waals surface area contributed by atoms with Gasteiger partial charge in [-0.15, -0.1) is 5.10 Å². The standard InChI is InChI=1S/C82H100N14O16S/c1-9-64(85-72(97)48(2)83-7)79(104)95-46-62-43-70(95)78(103)88-65(40-52-20-26-54-16-10-12-18-56(54)36-52)74(99)86-67(76(101)92-113(108,109)63-32-33-63)38-50-24-30-61(31-25-50)112-47-58-44-96(93-91-58)59-42-69(94(45-59)80(105)71(82(4,5)6)90-73(98)49(3)84-8)77(102)87-66(41-53-21-27-55-17-11-13-19-57(55)37-53)75(100)89-68(81(106)107)39-51-22-28-60(29-23-51)110-34-14-15-35-111-62/h10-31,36-37,44,48-49,59,62-71,83-84H,9,32-35,38-43,45-47H2,1-8H3,(H,85,97)(H,86,99)(H,87,102)(H,88,103)(H,89,100)(H,90,98)(H,92,101)(H,106,107)/b15-14+/t48-,49-,59-,62-,64-,65-,66-,67-,68-,69-,70-,71+/m0/s1. The first-order chi connectivity index (χ1) is 54.0. The second kappa shape index (κ2) is 37.0. The first kappa shape index (κ1) is 82.8. The number of sulfonamides is 1. The molecule has 0 radical (unpaired) electrons. The minimum absolute atomic E-state index is 0.00662. The zero-order valence-electron chi connectivity index (χ0n) is 64.6. The lowest BCUT2D eigenvalue weighted by Crippen LogP contribution is -2.60. The highest BCUT2D eigenvalue weighted by molar-refractivity contribution is 7.91. The van der Waals surface area contributed by atoms with Crippen LogP contribution in [-0.4, -0.2) is 210 Å². The van der Waals surface area contributed by atoms with Gasteiger partial charge in [0.25, 0.3) is 5.91 Å². The smallest absolute Gasteiger partial charge is 0.326 e. The van der Waals surface area contributed by atoms with Crippen LogP contribution in [0.25, 0.3) is 21.5 Å². The number of carbonyl (C=O) groups excluding carboxylic acids is 9. The number of likely N-dealkylation sites (tertiary alicyclic amines) is 2. The van der Waals surface area contributed by atoms with E-state index in [0.717, 1.165) is 21.5 Å². The minimum Gasteiger partial charge on any atom is -0.490 e. The van der Waals surface area contributed by atoms with Crippen LogP contribution in [0, 0.1) is 5.41 Å². The van der Waals surface area contributed by atoms with Gasteiger partial charge in [0.1, 0.15) is 78.7 Å². The summed E-state index contributed by atoms with van der Waals surface area (Å²) < 4.78 is 49.2. The molecule has 1 aliphatic carbocycles. The number of amides is 9. The Balaban J connectivity index is 0.914. The van der Waals surface area contributed by atoms with E-state index in [1.807, 2.05) is 78.9 Å². The lowest BCUT2D eigenvalue weighted by Gasteiger charge is -2.36. The van der Waals surface area contributed by atoms with Crippen LogP contribution < -0.4 is 56.7 Å². The molecule has 1 aromatic heterocycles.